The van der Waals surface area contributed by atoms with E-state index in [-0.39, 0.29) is 11.9 Å². The SMILES string of the molecule is Cc1cc(C)c(C)c(OCCC(=O)NC2CCNC2)c1. The molecule has 0 aliphatic carbocycles. The Balaban J connectivity index is 1.79. The first-order chi connectivity index (χ1) is 9.56. The number of carbonyl (C=O) groups excluding carboxylic acids is 1. The number of benzene rings is 1. The quantitative estimate of drug-likeness (QED) is 0.863. The topological polar surface area (TPSA) is 50.4 Å². The smallest absolute Gasteiger partial charge is 0.223 e. The van der Waals surface area contributed by atoms with E-state index in [0.29, 0.717) is 13.0 Å². The highest BCUT2D eigenvalue weighted by molar-refractivity contribution is 5.76. The maximum absolute atomic E-state index is 11.8. The average Bonchev–Trinajstić information content (AvgIpc) is 2.87. The fourth-order valence-corrected chi connectivity index (χ4v) is 2.48. The summed E-state index contributed by atoms with van der Waals surface area (Å²) in [4.78, 5) is 11.8. The van der Waals surface area contributed by atoms with Crippen molar-refractivity contribution < 1.29 is 9.53 Å². The van der Waals surface area contributed by atoms with E-state index in [9.17, 15) is 4.79 Å². The molecule has 1 fully saturated rings. The van der Waals surface area contributed by atoms with Crippen molar-refractivity contribution in [2.24, 2.45) is 0 Å². The van der Waals surface area contributed by atoms with Gasteiger partial charge in [-0.1, -0.05) is 6.07 Å². The largest absolute Gasteiger partial charge is 0.493 e. The van der Waals surface area contributed by atoms with E-state index in [4.69, 9.17) is 4.74 Å². The summed E-state index contributed by atoms with van der Waals surface area (Å²) in [6.07, 6.45) is 1.42. The van der Waals surface area contributed by atoms with Crippen LogP contribution in [0, 0.1) is 20.8 Å². The van der Waals surface area contributed by atoms with E-state index in [0.717, 1.165) is 30.8 Å². The lowest BCUT2D eigenvalue weighted by Gasteiger charge is -2.14. The maximum Gasteiger partial charge on any atom is 0.223 e. The van der Waals surface area contributed by atoms with Crippen molar-refractivity contribution in [2.75, 3.05) is 19.7 Å². The standard InChI is InChI=1S/C16H24N2O2/c1-11-8-12(2)13(3)15(9-11)20-7-5-16(19)18-14-4-6-17-10-14/h8-9,14,17H,4-7,10H2,1-3H3,(H,18,19). The molecular weight excluding hydrogens is 252 g/mol. The minimum atomic E-state index is 0.0701. The van der Waals surface area contributed by atoms with E-state index < -0.39 is 0 Å². The van der Waals surface area contributed by atoms with Crippen LogP contribution in [-0.2, 0) is 4.79 Å². The fraction of sp³-hybridized carbons (Fsp3) is 0.562. The first-order valence-electron chi connectivity index (χ1n) is 7.27. The van der Waals surface area contributed by atoms with Crippen LogP contribution >= 0.6 is 0 Å². The number of carbonyl (C=O) groups is 1. The summed E-state index contributed by atoms with van der Waals surface area (Å²) < 4.78 is 5.76. The number of hydrogen-bond donors (Lipinski definition) is 2. The zero-order valence-electron chi connectivity index (χ0n) is 12.6. The first-order valence-corrected chi connectivity index (χ1v) is 7.27. The Bertz CT molecular complexity index is 480. The van der Waals surface area contributed by atoms with Gasteiger partial charge in [0, 0.05) is 12.6 Å². The minimum absolute atomic E-state index is 0.0701. The van der Waals surface area contributed by atoms with Crippen molar-refractivity contribution in [3.05, 3.63) is 28.8 Å². The number of amides is 1. The van der Waals surface area contributed by atoms with E-state index in [1.807, 2.05) is 13.0 Å². The predicted octanol–water partition coefficient (Wildman–Crippen LogP) is 1.86. The van der Waals surface area contributed by atoms with Gasteiger partial charge in [-0.3, -0.25) is 4.79 Å². The van der Waals surface area contributed by atoms with Crippen LogP contribution in [0.1, 0.15) is 29.5 Å². The molecule has 0 aromatic heterocycles. The van der Waals surface area contributed by atoms with Gasteiger partial charge >= 0.3 is 0 Å². The van der Waals surface area contributed by atoms with Crippen LogP contribution in [0.5, 0.6) is 5.75 Å². The molecule has 20 heavy (non-hydrogen) atoms. The molecule has 0 radical (unpaired) electrons. The molecule has 1 aliphatic rings. The Morgan fingerprint density at radius 2 is 2.20 bits per heavy atom. The number of rotatable bonds is 5. The van der Waals surface area contributed by atoms with Gasteiger partial charge in [-0.05, 0) is 56.5 Å². The Morgan fingerprint density at radius 3 is 2.90 bits per heavy atom. The summed E-state index contributed by atoms with van der Waals surface area (Å²) in [6, 6.07) is 4.45. The number of hydrogen-bond acceptors (Lipinski definition) is 3. The van der Waals surface area contributed by atoms with Crippen LogP contribution in [0.3, 0.4) is 0 Å². The lowest BCUT2D eigenvalue weighted by molar-refractivity contribution is -0.122. The molecule has 1 aromatic rings. The van der Waals surface area contributed by atoms with Crippen LogP contribution in [0.15, 0.2) is 12.1 Å². The molecule has 1 aliphatic heterocycles. The summed E-state index contributed by atoms with van der Waals surface area (Å²) >= 11 is 0. The molecule has 1 heterocycles. The van der Waals surface area contributed by atoms with Gasteiger partial charge in [0.2, 0.25) is 5.91 Å². The highest BCUT2D eigenvalue weighted by atomic mass is 16.5. The minimum Gasteiger partial charge on any atom is -0.493 e. The zero-order chi connectivity index (χ0) is 14.5. The van der Waals surface area contributed by atoms with E-state index in [1.165, 1.54) is 11.1 Å². The second kappa shape index (κ2) is 6.75. The molecule has 2 N–H and O–H groups in total. The molecule has 0 spiro atoms. The van der Waals surface area contributed by atoms with Crippen LogP contribution in [0.2, 0.25) is 0 Å². The van der Waals surface area contributed by atoms with Gasteiger partial charge in [-0.2, -0.15) is 0 Å². The molecule has 1 amide bonds. The van der Waals surface area contributed by atoms with Crippen LogP contribution in [-0.4, -0.2) is 31.6 Å². The lowest BCUT2D eigenvalue weighted by atomic mass is 10.1. The summed E-state index contributed by atoms with van der Waals surface area (Å²) in [5.41, 5.74) is 3.56. The average molecular weight is 276 g/mol. The highest BCUT2D eigenvalue weighted by Crippen LogP contribution is 2.23. The lowest BCUT2D eigenvalue weighted by Crippen LogP contribution is -2.36. The van der Waals surface area contributed by atoms with Gasteiger partial charge in [0.05, 0.1) is 13.0 Å². The number of ether oxygens (including phenoxy) is 1. The zero-order valence-corrected chi connectivity index (χ0v) is 12.6. The molecular formula is C16H24N2O2. The molecule has 1 atom stereocenters. The van der Waals surface area contributed by atoms with Crippen molar-refractivity contribution in [3.8, 4) is 5.75 Å². The third-order valence-electron chi connectivity index (χ3n) is 3.78. The highest BCUT2D eigenvalue weighted by Gasteiger charge is 2.16. The summed E-state index contributed by atoms with van der Waals surface area (Å²) in [5.74, 6) is 0.957. The van der Waals surface area contributed by atoms with Gasteiger partial charge in [-0.15, -0.1) is 0 Å². The van der Waals surface area contributed by atoms with Gasteiger partial charge in [0.1, 0.15) is 5.75 Å². The van der Waals surface area contributed by atoms with Crippen molar-refractivity contribution in [3.63, 3.8) is 0 Å². The summed E-state index contributed by atoms with van der Waals surface area (Å²) in [7, 11) is 0. The van der Waals surface area contributed by atoms with Crippen molar-refractivity contribution in [2.45, 2.75) is 39.7 Å². The number of aryl methyl sites for hydroxylation is 2. The first kappa shape index (κ1) is 14.9. The van der Waals surface area contributed by atoms with Gasteiger partial charge < -0.3 is 15.4 Å². The van der Waals surface area contributed by atoms with E-state index in [1.54, 1.807) is 0 Å². The van der Waals surface area contributed by atoms with Crippen molar-refractivity contribution >= 4 is 5.91 Å². The maximum atomic E-state index is 11.8. The van der Waals surface area contributed by atoms with Gasteiger partial charge in [0.25, 0.3) is 0 Å². The van der Waals surface area contributed by atoms with Crippen LogP contribution < -0.4 is 15.4 Å². The molecule has 1 aromatic carbocycles. The Labute approximate surface area is 120 Å². The van der Waals surface area contributed by atoms with Gasteiger partial charge in [-0.25, -0.2) is 0 Å². The van der Waals surface area contributed by atoms with Gasteiger partial charge in [0.15, 0.2) is 0 Å². The third kappa shape index (κ3) is 3.97. The second-order valence-corrected chi connectivity index (χ2v) is 5.56. The molecule has 1 unspecified atom stereocenters. The monoisotopic (exact) mass is 276 g/mol. The van der Waals surface area contributed by atoms with Crippen molar-refractivity contribution in [1.82, 2.24) is 10.6 Å². The molecule has 2 rings (SSSR count). The third-order valence-corrected chi connectivity index (χ3v) is 3.78. The molecule has 1 saturated heterocycles. The molecule has 4 nitrogen and oxygen atoms in total. The predicted molar refractivity (Wildman–Crippen MR) is 80.2 cm³/mol. The molecule has 4 heteroatoms. The summed E-state index contributed by atoms with van der Waals surface area (Å²) in [5, 5.41) is 6.25. The second-order valence-electron chi connectivity index (χ2n) is 5.56. The van der Waals surface area contributed by atoms with E-state index >= 15 is 0 Å². The number of nitrogens with one attached hydrogen (secondary N) is 2. The normalized spacial score (nSPS) is 18.1. The Kier molecular flexibility index (Phi) is 5.01. The molecule has 0 saturated carbocycles. The van der Waals surface area contributed by atoms with Crippen molar-refractivity contribution in [1.29, 1.82) is 0 Å². The van der Waals surface area contributed by atoms with E-state index in [2.05, 4.69) is 30.5 Å². The molecule has 0 bridgehead atoms. The van der Waals surface area contributed by atoms with Crippen LogP contribution in [0.25, 0.3) is 0 Å². The summed E-state index contributed by atoms with van der Waals surface area (Å²) in [6.45, 7) is 8.48. The fourth-order valence-electron chi connectivity index (χ4n) is 2.48. The Hall–Kier alpha value is -1.55. The Morgan fingerprint density at radius 1 is 1.40 bits per heavy atom. The van der Waals surface area contributed by atoms with Crippen LogP contribution in [0.4, 0.5) is 0 Å². The molecule has 110 valence electrons.